The average Bonchev–Trinajstić information content (AvgIpc) is 2.88. The summed E-state index contributed by atoms with van der Waals surface area (Å²) in [5, 5.41) is 2.44. The Labute approximate surface area is 135 Å². The quantitative estimate of drug-likeness (QED) is 0.736. The third-order valence-corrected chi connectivity index (χ3v) is 4.20. The van der Waals surface area contributed by atoms with E-state index < -0.39 is 6.04 Å². The van der Waals surface area contributed by atoms with Crippen molar-refractivity contribution in [1.82, 2.24) is 4.57 Å². The van der Waals surface area contributed by atoms with Crippen LogP contribution in [0.3, 0.4) is 0 Å². The highest BCUT2D eigenvalue weighted by Crippen LogP contribution is 2.29. The van der Waals surface area contributed by atoms with E-state index in [1.807, 2.05) is 6.07 Å². The molecule has 4 nitrogen and oxygen atoms in total. The van der Waals surface area contributed by atoms with Crippen LogP contribution in [0.2, 0.25) is 0 Å². The van der Waals surface area contributed by atoms with Gasteiger partial charge >= 0.3 is 5.97 Å². The van der Waals surface area contributed by atoms with E-state index >= 15 is 0 Å². The van der Waals surface area contributed by atoms with E-state index in [0.29, 0.717) is 13.0 Å². The maximum Gasteiger partial charge on any atom is 0.323 e. The summed E-state index contributed by atoms with van der Waals surface area (Å²) < 4.78 is 7.29. The van der Waals surface area contributed by atoms with E-state index in [9.17, 15) is 4.79 Å². The van der Waals surface area contributed by atoms with Crippen LogP contribution in [0, 0.1) is 0 Å². The van der Waals surface area contributed by atoms with E-state index in [1.54, 1.807) is 6.92 Å². The summed E-state index contributed by atoms with van der Waals surface area (Å²) in [5.74, 6) is -0.344. The Morgan fingerprint density at radius 1 is 1.13 bits per heavy atom. The summed E-state index contributed by atoms with van der Waals surface area (Å²) in [7, 11) is 0. The number of aryl methyl sites for hydroxylation is 1. The van der Waals surface area contributed by atoms with Crippen LogP contribution in [0.25, 0.3) is 21.8 Å². The van der Waals surface area contributed by atoms with Crippen molar-refractivity contribution in [3.63, 3.8) is 0 Å². The molecule has 1 heterocycles. The Morgan fingerprint density at radius 2 is 1.87 bits per heavy atom. The molecule has 0 spiro atoms. The Hall–Kier alpha value is -2.33. The van der Waals surface area contributed by atoms with Crippen molar-refractivity contribution >= 4 is 27.8 Å². The smallest absolute Gasteiger partial charge is 0.323 e. The largest absolute Gasteiger partial charge is 0.465 e. The van der Waals surface area contributed by atoms with E-state index in [1.165, 1.54) is 21.8 Å². The van der Waals surface area contributed by atoms with E-state index in [2.05, 4.69) is 47.9 Å². The minimum atomic E-state index is -0.619. The van der Waals surface area contributed by atoms with Gasteiger partial charge in [-0.2, -0.15) is 0 Å². The number of fused-ring (bicyclic) bond motifs is 3. The number of ether oxygens (including phenoxy) is 1. The van der Waals surface area contributed by atoms with Gasteiger partial charge in [-0.1, -0.05) is 24.3 Å². The number of nitrogens with two attached hydrogens (primary N) is 1. The fourth-order valence-electron chi connectivity index (χ4n) is 3.16. The fraction of sp³-hybridized carbons (Fsp3) is 0.316. The van der Waals surface area contributed by atoms with Crippen molar-refractivity contribution < 1.29 is 9.53 Å². The van der Waals surface area contributed by atoms with Gasteiger partial charge in [0.25, 0.3) is 0 Å². The zero-order valence-corrected chi connectivity index (χ0v) is 13.6. The number of nitrogens with zero attached hydrogens (tertiary/aromatic N) is 1. The second-order valence-electron chi connectivity index (χ2n) is 5.68. The van der Waals surface area contributed by atoms with Gasteiger partial charge in [0, 0.05) is 28.4 Å². The minimum Gasteiger partial charge on any atom is -0.465 e. The lowest BCUT2D eigenvalue weighted by Crippen LogP contribution is -2.34. The number of hydrogen-bond acceptors (Lipinski definition) is 3. The van der Waals surface area contributed by atoms with Gasteiger partial charge < -0.3 is 15.0 Å². The zero-order valence-electron chi connectivity index (χ0n) is 13.6. The fourth-order valence-corrected chi connectivity index (χ4v) is 3.16. The molecule has 2 aromatic carbocycles. The van der Waals surface area contributed by atoms with Crippen molar-refractivity contribution in [2.75, 3.05) is 6.61 Å². The highest BCUT2D eigenvalue weighted by Gasteiger charge is 2.16. The molecule has 3 rings (SSSR count). The molecule has 2 N–H and O–H groups in total. The van der Waals surface area contributed by atoms with Crippen LogP contribution in [-0.2, 0) is 22.5 Å². The topological polar surface area (TPSA) is 57.2 Å². The number of hydrogen-bond donors (Lipinski definition) is 1. The Bertz CT molecular complexity index is 851. The summed E-state index contributed by atoms with van der Waals surface area (Å²) in [6, 6.07) is 14.1. The molecule has 0 aliphatic rings. The highest BCUT2D eigenvalue weighted by molar-refractivity contribution is 6.08. The molecular formula is C19H22N2O2. The highest BCUT2D eigenvalue weighted by atomic mass is 16.5. The van der Waals surface area contributed by atoms with E-state index in [4.69, 9.17) is 10.5 Å². The van der Waals surface area contributed by atoms with Crippen molar-refractivity contribution in [2.45, 2.75) is 32.9 Å². The monoisotopic (exact) mass is 310 g/mol. The van der Waals surface area contributed by atoms with Crippen LogP contribution >= 0.6 is 0 Å². The standard InChI is InChI=1S/C19H22N2O2/c1-3-21-17-8-6-5-7-14(17)15-11-13(9-10-18(15)21)12-16(20)19(22)23-4-2/h5-11,16H,3-4,12,20H2,1-2H3. The molecule has 1 unspecified atom stereocenters. The number of aromatic nitrogens is 1. The predicted molar refractivity (Wildman–Crippen MR) is 93.4 cm³/mol. The summed E-state index contributed by atoms with van der Waals surface area (Å²) in [6.07, 6.45) is 0.487. The third kappa shape index (κ3) is 2.82. The average molecular weight is 310 g/mol. The predicted octanol–water partition coefficient (Wildman–Crippen LogP) is 3.25. The molecule has 3 aromatic rings. The van der Waals surface area contributed by atoms with Crippen LogP contribution < -0.4 is 5.73 Å². The van der Waals surface area contributed by atoms with Crippen LogP contribution in [0.15, 0.2) is 42.5 Å². The van der Waals surface area contributed by atoms with Crippen LogP contribution in [0.5, 0.6) is 0 Å². The Balaban J connectivity index is 2.02. The van der Waals surface area contributed by atoms with Gasteiger partial charge in [-0.3, -0.25) is 4.79 Å². The second kappa shape index (κ2) is 6.42. The summed E-state index contributed by atoms with van der Waals surface area (Å²) in [6.45, 7) is 5.22. The Morgan fingerprint density at radius 3 is 2.61 bits per heavy atom. The maximum absolute atomic E-state index is 11.7. The molecule has 0 saturated heterocycles. The number of benzene rings is 2. The number of esters is 1. The van der Waals surface area contributed by atoms with Crippen LogP contribution in [0.4, 0.5) is 0 Å². The van der Waals surface area contributed by atoms with Gasteiger partial charge in [0.1, 0.15) is 6.04 Å². The molecule has 0 fully saturated rings. The zero-order chi connectivity index (χ0) is 16.4. The Kier molecular flexibility index (Phi) is 4.35. The van der Waals surface area contributed by atoms with Gasteiger partial charge in [0.05, 0.1) is 6.61 Å². The number of carbonyl (C=O) groups is 1. The first kappa shape index (κ1) is 15.6. The summed E-state index contributed by atoms with van der Waals surface area (Å²) in [4.78, 5) is 11.7. The molecular weight excluding hydrogens is 288 g/mol. The SMILES string of the molecule is CCOC(=O)C(N)Cc1ccc2c(c1)c1ccccc1n2CC. The lowest BCUT2D eigenvalue weighted by atomic mass is 10.0. The van der Waals surface area contributed by atoms with E-state index in [0.717, 1.165) is 12.1 Å². The maximum atomic E-state index is 11.7. The van der Waals surface area contributed by atoms with Crippen molar-refractivity contribution in [3.8, 4) is 0 Å². The lowest BCUT2D eigenvalue weighted by Gasteiger charge is -2.11. The molecule has 0 saturated carbocycles. The first-order valence-electron chi connectivity index (χ1n) is 8.07. The van der Waals surface area contributed by atoms with E-state index in [-0.39, 0.29) is 5.97 Å². The normalized spacial score (nSPS) is 12.7. The van der Waals surface area contributed by atoms with Gasteiger partial charge in [-0.15, -0.1) is 0 Å². The van der Waals surface area contributed by atoms with Gasteiger partial charge in [0.2, 0.25) is 0 Å². The summed E-state index contributed by atoms with van der Waals surface area (Å²) in [5.41, 5.74) is 9.44. The summed E-state index contributed by atoms with van der Waals surface area (Å²) >= 11 is 0. The molecule has 1 atom stereocenters. The van der Waals surface area contributed by atoms with Gasteiger partial charge in [-0.05, 0) is 44.0 Å². The van der Waals surface area contributed by atoms with Crippen LogP contribution in [-0.4, -0.2) is 23.2 Å². The first-order chi connectivity index (χ1) is 11.2. The lowest BCUT2D eigenvalue weighted by molar-refractivity contribution is -0.144. The third-order valence-electron chi connectivity index (χ3n) is 4.20. The minimum absolute atomic E-state index is 0.344. The van der Waals surface area contributed by atoms with Gasteiger partial charge in [0.15, 0.2) is 0 Å². The molecule has 0 amide bonds. The van der Waals surface area contributed by atoms with Crippen LogP contribution in [0.1, 0.15) is 19.4 Å². The van der Waals surface area contributed by atoms with Crippen molar-refractivity contribution in [3.05, 3.63) is 48.0 Å². The molecule has 23 heavy (non-hydrogen) atoms. The molecule has 120 valence electrons. The molecule has 0 radical (unpaired) electrons. The second-order valence-corrected chi connectivity index (χ2v) is 5.68. The number of para-hydroxylation sites is 1. The van der Waals surface area contributed by atoms with Crippen molar-refractivity contribution in [2.24, 2.45) is 5.73 Å². The van der Waals surface area contributed by atoms with Gasteiger partial charge in [-0.25, -0.2) is 0 Å². The molecule has 1 aromatic heterocycles. The molecule has 0 bridgehead atoms. The number of rotatable bonds is 5. The number of carbonyl (C=O) groups excluding carboxylic acids is 1. The molecule has 0 aliphatic heterocycles. The first-order valence-corrected chi connectivity index (χ1v) is 8.07. The molecule has 0 aliphatic carbocycles. The molecule has 4 heteroatoms. The van der Waals surface area contributed by atoms with Crippen molar-refractivity contribution in [1.29, 1.82) is 0 Å².